The Hall–Kier alpha value is -1.06. The highest BCUT2D eigenvalue weighted by Gasteiger charge is 2.01. The molecule has 0 spiro atoms. The standard InChI is InChI=1S/C9H11N3OS2/c1-7-12-8(5-15-7)4-14-3-2-9(13)11-6-10/h5H,2-4H2,1H3,(H,11,13). The molecule has 0 fully saturated rings. The highest BCUT2D eigenvalue weighted by atomic mass is 32.2. The maximum absolute atomic E-state index is 10.9. The highest BCUT2D eigenvalue weighted by Crippen LogP contribution is 2.15. The number of thiazole rings is 1. The van der Waals surface area contributed by atoms with Crippen LogP contribution in [0.3, 0.4) is 0 Å². The molecule has 0 aliphatic carbocycles. The van der Waals surface area contributed by atoms with Crippen molar-refractivity contribution in [2.75, 3.05) is 5.75 Å². The second-order valence-electron chi connectivity index (χ2n) is 2.82. The van der Waals surface area contributed by atoms with Gasteiger partial charge in [-0.1, -0.05) is 0 Å². The first-order valence-corrected chi connectivity index (χ1v) is 6.42. The van der Waals surface area contributed by atoms with Gasteiger partial charge in [0.05, 0.1) is 10.7 Å². The average Bonchev–Trinajstić information content (AvgIpc) is 2.60. The lowest BCUT2D eigenvalue weighted by atomic mass is 10.5. The van der Waals surface area contributed by atoms with Crippen LogP contribution in [0.5, 0.6) is 0 Å². The van der Waals surface area contributed by atoms with Gasteiger partial charge in [-0.15, -0.1) is 11.3 Å². The summed E-state index contributed by atoms with van der Waals surface area (Å²) in [6, 6.07) is 0. The molecule has 0 bridgehead atoms. The lowest BCUT2D eigenvalue weighted by molar-refractivity contribution is -0.119. The molecule has 1 heterocycles. The molecule has 1 N–H and O–H groups in total. The Bertz CT molecular complexity index is 370. The van der Waals surface area contributed by atoms with Crippen molar-refractivity contribution in [3.05, 3.63) is 16.1 Å². The van der Waals surface area contributed by atoms with Crippen LogP contribution in [-0.4, -0.2) is 16.6 Å². The summed E-state index contributed by atoms with van der Waals surface area (Å²) in [7, 11) is 0. The van der Waals surface area contributed by atoms with Crippen molar-refractivity contribution >= 4 is 29.0 Å². The van der Waals surface area contributed by atoms with Crippen LogP contribution < -0.4 is 5.32 Å². The zero-order chi connectivity index (χ0) is 11.1. The van der Waals surface area contributed by atoms with E-state index in [1.54, 1.807) is 29.3 Å². The van der Waals surface area contributed by atoms with E-state index in [0.29, 0.717) is 12.2 Å². The van der Waals surface area contributed by atoms with Gasteiger partial charge >= 0.3 is 0 Å². The molecule has 0 saturated heterocycles. The lowest BCUT2D eigenvalue weighted by Crippen LogP contribution is -2.17. The Kier molecular flexibility index (Phi) is 5.15. The zero-order valence-electron chi connectivity index (χ0n) is 8.32. The molecule has 1 rings (SSSR count). The zero-order valence-corrected chi connectivity index (χ0v) is 9.95. The first-order chi connectivity index (χ1) is 7.22. The smallest absolute Gasteiger partial charge is 0.233 e. The van der Waals surface area contributed by atoms with E-state index in [4.69, 9.17) is 5.26 Å². The molecule has 1 aromatic heterocycles. The van der Waals surface area contributed by atoms with E-state index in [1.807, 2.05) is 12.3 Å². The van der Waals surface area contributed by atoms with Gasteiger partial charge in [-0.25, -0.2) is 4.98 Å². The molecule has 4 nitrogen and oxygen atoms in total. The summed E-state index contributed by atoms with van der Waals surface area (Å²) >= 11 is 3.28. The van der Waals surface area contributed by atoms with Gasteiger partial charge < -0.3 is 0 Å². The number of nitrogens with zero attached hydrogens (tertiary/aromatic N) is 2. The van der Waals surface area contributed by atoms with Crippen molar-refractivity contribution in [3.63, 3.8) is 0 Å². The van der Waals surface area contributed by atoms with Crippen molar-refractivity contribution in [3.8, 4) is 6.19 Å². The summed E-state index contributed by atoms with van der Waals surface area (Å²) in [5, 5.41) is 13.4. The molecule has 15 heavy (non-hydrogen) atoms. The Morgan fingerprint density at radius 1 is 1.80 bits per heavy atom. The van der Waals surface area contributed by atoms with Gasteiger partial charge in [0.15, 0.2) is 6.19 Å². The first-order valence-electron chi connectivity index (χ1n) is 4.39. The normalized spacial score (nSPS) is 9.60. The van der Waals surface area contributed by atoms with Crippen LogP contribution in [-0.2, 0) is 10.5 Å². The minimum atomic E-state index is -0.223. The van der Waals surface area contributed by atoms with E-state index >= 15 is 0 Å². The fraction of sp³-hybridized carbons (Fsp3) is 0.444. The first kappa shape index (κ1) is 12.0. The fourth-order valence-electron chi connectivity index (χ4n) is 0.941. The van der Waals surface area contributed by atoms with Crippen LogP contribution in [0.1, 0.15) is 17.1 Å². The Balaban J connectivity index is 2.12. The molecule has 0 radical (unpaired) electrons. The van der Waals surface area contributed by atoms with Crippen molar-refractivity contribution in [1.29, 1.82) is 5.26 Å². The molecule has 1 aromatic rings. The summed E-state index contributed by atoms with van der Waals surface area (Å²) in [6.45, 7) is 1.97. The van der Waals surface area contributed by atoms with Crippen LogP contribution >= 0.6 is 23.1 Å². The average molecular weight is 241 g/mol. The third-order valence-corrected chi connectivity index (χ3v) is 3.40. The molecule has 80 valence electrons. The maximum atomic E-state index is 10.9. The Labute approximate surface area is 96.7 Å². The van der Waals surface area contributed by atoms with Crippen LogP contribution in [0.4, 0.5) is 0 Å². The molecule has 0 aliphatic heterocycles. The van der Waals surface area contributed by atoms with E-state index in [1.165, 1.54) is 0 Å². The fourth-order valence-corrected chi connectivity index (χ4v) is 2.49. The van der Waals surface area contributed by atoms with Gasteiger partial charge in [-0.05, 0) is 6.92 Å². The minimum Gasteiger partial charge on any atom is -0.274 e. The van der Waals surface area contributed by atoms with E-state index in [2.05, 4.69) is 10.3 Å². The Morgan fingerprint density at radius 3 is 3.20 bits per heavy atom. The predicted molar refractivity (Wildman–Crippen MR) is 61.4 cm³/mol. The summed E-state index contributed by atoms with van der Waals surface area (Å²) in [4.78, 5) is 15.2. The van der Waals surface area contributed by atoms with Crippen molar-refractivity contribution in [1.82, 2.24) is 10.3 Å². The number of thioether (sulfide) groups is 1. The number of hydrogen-bond acceptors (Lipinski definition) is 5. The van der Waals surface area contributed by atoms with Crippen molar-refractivity contribution in [2.45, 2.75) is 19.1 Å². The molecule has 0 saturated carbocycles. The number of nitriles is 1. The van der Waals surface area contributed by atoms with Crippen molar-refractivity contribution < 1.29 is 4.79 Å². The van der Waals surface area contributed by atoms with E-state index in [-0.39, 0.29) is 5.91 Å². The summed E-state index contributed by atoms with van der Waals surface area (Å²) < 4.78 is 0. The van der Waals surface area contributed by atoms with Gasteiger partial charge in [0, 0.05) is 23.3 Å². The number of hydrogen-bond donors (Lipinski definition) is 1. The van der Waals surface area contributed by atoms with Gasteiger partial charge in [0.1, 0.15) is 0 Å². The molecule has 0 aliphatic rings. The molecule has 0 aromatic carbocycles. The predicted octanol–water partition coefficient (Wildman–Crippen LogP) is 1.67. The molecule has 0 atom stereocenters. The lowest BCUT2D eigenvalue weighted by Gasteiger charge is -1.97. The van der Waals surface area contributed by atoms with E-state index < -0.39 is 0 Å². The minimum absolute atomic E-state index is 0.223. The molecular formula is C9H11N3OS2. The third kappa shape index (κ3) is 4.81. The van der Waals surface area contributed by atoms with Gasteiger partial charge in [0.25, 0.3) is 0 Å². The summed E-state index contributed by atoms with van der Waals surface area (Å²) in [5.41, 5.74) is 1.06. The van der Waals surface area contributed by atoms with Crippen molar-refractivity contribution in [2.24, 2.45) is 0 Å². The molecule has 0 unspecified atom stereocenters. The van der Waals surface area contributed by atoms with Crippen LogP contribution in [0.15, 0.2) is 5.38 Å². The summed E-state index contributed by atoms with van der Waals surface area (Å²) in [5.74, 6) is 1.31. The van der Waals surface area contributed by atoms with Crippen LogP contribution in [0.25, 0.3) is 0 Å². The molecular weight excluding hydrogens is 230 g/mol. The monoisotopic (exact) mass is 241 g/mol. The maximum Gasteiger partial charge on any atom is 0.233 e. The molecule has 1 amide bonds. The quantitative estimate of drug-likeness (QED) is 0.484. The number of amides is 1. The SMILES string of the molecule is Cc1nc(CSCCC(=O)NC#N)cs1. The highest BCUT2D eigenvalue weighted by molar-refractivity contribution is 7.98. The number of rotatable bonds is 5. The van der Waals surface area contributed by atoms with Gasteiger partial charge in [-0.2, -0.15) is 17.0 Å². The topological polar surface area (TPSA) is 65.8 Å². The second-order valence-corrected chi connectivity index (χ2v) is 4.99. The van der Waals surface area contributed by atoms with E-state index in [9.17, 15) is 4.79 Å². The number of carbonyl (C=O) groups is 1. The van der Waals surface area contributed by atoms with E-state index in [0.717, 1.165) is 16.5 Å². The second kappa shape index (κ2) is 6.43. The van der Waals surface area contributed by atoms with Crippen LogP contribution in [0.2, 0.25) is 0 Å². The number of aryl methyl sites for hydroxylation is 1. The Morgan fingerprint density at radius 2 is 2.60 bits per heavy atom. The summed E-state index contributed by atoms with van der Waals surface area (Å²) in [6.07, 6.45) is 1.99. The van der Waals surface area contributed by atoms with Gasteiger partial charge in [0.2, 0.25) is 5.91 Å². The number of nitrogens with one attached hydrogen (secondary N) is 1. The molecule has 6 heteroatoms. The van der Waals surface area contributed by atoms with Crippen LogP contribution in [0, 0.1) is 18.4 Å². The number of aromatic nitrogens is 1. The van der Waals surface area contributed by atoms with Gasteiger partial charge in [-0.3, -0.25) is 10.1 Å². The number of carbonyl (C=O) groups excluding carboxylic acids is 1. The largest absolute Gasteiger partial charge is 0.274 e. The third-order valence-electron chi connectivity index (χ3n) is 1.59.